The fraction of sp³-hybridized carbons (Fsp3) is 0.241. The van der Waals surface area contributed by atoms with Gasteiger partial charge in [0.25, 0.3) is 0 Å². The number of imidazole rings is 1. The molecule has 8 nitrogen and oxygen atoms in total. The number of aromatic nitrogens is 4. The number of carbonyl (C=O) groups excluding carboxylic acids is 1. The van der Waals surface area contributed by atoms with E-state index in [1.54, 1.807) is 29.7 Å². The van der Waals surface area contributed by atoms with Gasteiger partial charge in [-0.05, 0) is 55.7 Å². The summed E-state index contributed by atoms with van der Waals surface area (Å²) in [4.78, 5) is 30.8. The summed E-state index contributed by atoms with van der Waals surface area (Å²) in [6.07, 6.45) is 5.57. The number of halogens is 1. The zero-order valence-corrected chi connectivity index (χ0v) is 22.3. The zero-order valence-electron chi connectivity index (χ0n) is 21.5. The van der Waals surface area contributed by atoms with E-state index in [0.717, 1.165) is 45.2 Å². The predicted molar refractivity (Wildman–Crippen MR) is 151 cm³/mol. The van der Waals surface area contributed by atoms with Gasteiger partial charge in [-0.15, -0.1) is 11.3 Å². The summed E-state index contributed by atoms with van der Waals surface area (Å²) in [5.41, 5.74) is 4.17. The van der Waals surface area contributed by atoms with Crippen LogP contribution in [0.15, 0.2) is 73.1 Å². The highest BCUT2D eigenvalue weighted by Crippen LogP contribution is 2.34. The largest absolute Gasteiger partial charge is 0.350 e. The van der Waals surface area contributed by atoms with Crippen LogP contribution in [0, 0.1) is 12.7 Å². The molecule has 198 valence electrons. The Morgan fingerprint density at radius 2 is 1.92 bits per heavy atom. The molecule has 2 aromatic carbocycles. The summed E-state index contributed by atoms with van der Waals surface area (Å²) in [5, 5.41) is 6.46. The first-order chi connectivity index (χ1) is 19.0. The number of anilines is 1. The highest BCUT2D eigenvalue weighted by Gasteiger charge is 2.25. The van der Waals surface area contributed by atoms with E-state index in [4.69, 9.17) is 9.97 Å². The maximum atomic E-state index is 13.6. The number of aryl methyl sites for hydroxylation is 1. The SMILES string of the molecule is Cc1cn2c(-c3ccnc(N[C@@H]4CCCN(C(=O)NCc5ccccc5)C4)n3)c(-c3ccc(F)cc3)nc2s1. The van der Waals surface area contributed by atoms with Crippen LogP contribution in [0.25, 0.3) is 27.6 Å². The van der Waals surface area contributed by atoms with E-state index in [-0.39, 0.29) is 17.9 Å². The minimum Gasteiger partial charge on any atom is -0.350 e. The van der Waals surface area contributed by atoms with Crippen molar-refractivity contribution >= 4 is 28.3 Å². The zero-order chi connectivity index (χ0) is 26.8. The monoisotopic (exact) mass is 541 g/mol. The Labute approximate surface area is 229 Å². The molecule has 5 aromatic rings. The van der Waals surface area contributed by atoms with Crippen molar-refractivity contribution in [3.63, 3.8) is 0 Å². The molecule has 0 bridgehead atoms. The minimum absolute atomic E-state index is 0.0295. The van der Waals surface area contributed by atoms with Gasteiger partial charge in [0.05, 0.1) is 11.4 Å². The van der Waals surface area contributed by atoms with E-state index in [1.807, 2.05) is 58.8 Å². The first-order valence-corrected chi connectivity index (χ1v) is 13.8. The number of urea groups is 1. The number of thiazole rings is 1. The average molecular weight is 542 g/mol. The van der Waals surface area contributed by atoms with Gasteiger partial charge < -0.3 is 15.5 Å². The molecule has 10 heteroatoms. The summed E-state index contributed by atoms with van der Waals surface area (Å²) < 4.78 is 15.6. The van der Waals surface area contributed by atoms with Crippen molar-refractivity contribution < 1.29 is 9.18 Å². The number of hydrogen-bond acceptors (Lipinski definition) is 6. The van der Waals surface area contributed by atoms with Crippen LogP contribution in [0.1, 0.15) is 23.3 Å². The number of fused-ring (bicyclic) bond motifs is 1. The van der Waals surface area contributed by atoms with Crippen LogP contribution in [0.2, 0.25) is 0 Å². The predicted octanol–water partition coefficient (Wildman–Crippen LogP) is 5.75. The number of likely N-dealkylation sites (tertiary alicyclic amines) is 1. The summed E-state index contributed by atoms with van der Waals surface area (Å²) in [5.74, 6) is 0.206. The Hall–Kier alpha value is -4.31. The quantitative estimate of drug-likeness (QED) is 0.286. The topological polar surface area (TPSA) is 87.5 Å². The van der Waals surface area contributed by atoms with Gasteiger partial charge in [0, 0.05) is 48.5 Å². The molecule has 1 fully saturated rings. The van der Waals surface area contributed by atoms with Crippen molar-refractivity contribution in [2.75, 3.05) is 18.4 Å². The lowest BCUT2D eigenvalue weighted by Gasteiger charge is -2.33. The lowest BCUT2D eigenvalue weighted by molar-refractivity contribution is 0.182. The molecular weight excluding hydrogens is 513 g/mol. The van der Waals surface area contributed by atoms with E-state index in [1.165, 1.54) is 12.1 Å². The third-order valence-electron chi connectivity index (χ3n) is 6.79. The van der Waals surface area contributed by atoms with Crippen LogP contribution in [0.4, 0.5) is 15.1 Å². The molecule has 4 heterocycles. The van der Waals surface area contributed by atoms with Crippen LogP contribution < -0.4 is 10.6 Å². The number of rotatable bonds is 6. The lowest BCUT2D eigenvalue weighted by Crippen LogP contribution is -2.49. The molecule has 0 spiro atoms. The van der Waals surface area contributed by atoms with Crippen molar-refractivity contribution in [2.24, 2.45) is 0 Å². The van der Waals surface area contributed by atoms with Crippen LogP contribution in [0.5, 0.6) is 0 Å². The van der Waals surface area contributed by atoms with Crippen molar-refractivity contribution in [1.29, 1.82) is 0 Å². The Balaban J connectivity index is 1.21. The maximum Gasteiger partial charge on any atom is 0.317 e. The molecule has 1 aliphatic rings. The number of nitrogens with zero attached hydrogens (tertiary/aromatic N) is 5. The molecule has 6 rings (SSSR count). The van der Waals surface area contributed by atoms with Gasteiger partial charge >= 0.3 is 6.03 Å². The molecule has 1 atom stereocenters. The second-order valence-electron chi connectivity index (χ2n) is 9.65. The van der Waals surface area contributed by atoms with Gasteiger partial charge in [0.1, 0.15) is 11.5 Å². The van der Waals surface area contributed by atoms with Crippen LogP contribution in [-0.2, 0) is 6.54 Å². The van der Waals surface area contributed by atoms with Gasteiger partial charge in [0.2, 0.25) is 5.95 Å². The number of benzene rings is 2. The average Bonchev–Trinajstić information content (AvgIpc) is 3.49. The number of amides is 2. The van der Waals surface area contributed by atoms with Crippen molar-refractivity contribution in [2.45, 2.75) is 32.4 Å². The Morgan fingerprint density at radius 3 is 2.74 bits per heavy atom. The van der Waals surface area contributed by atoms with E-state index in [9.17, 15) is 9.18 Å². The van der Waals surface area contributed by atoms with Crippen molar-refractivity contribution in [3.05, 3.63) is 89.3 Å². The highest BCUT2D eigenvalue weighted by atomic mass is 32.1. The summed E-state index contributed by atoms with van der Waals surface area (Å²) in [6.45, 7) is 3.82. The summed E-state index contributed by atoms with van der Waals surface area (Å²) >= 11 is 1.59. The minimum atomic E-state index is -0.291. The number of nitrogens with one attached hydrogen (secondary N) is 2. The smallest absolute Gasteiger partial charge is 0.317 e. The molecule has 0 aliphatic carbocycles. The second kappa shape index (κ2) is 10.8. The van der Waals surface area contributed by atoms with Crippen LogP contribution in [0.3, 0.4) is 0 Å². The van der Waals surface area contributed by atoms with Crippen LogP contribution in [-0.4, -0.2) is 49.4 Å². The number of hydrogen-bond donors (Lipinski definition) is 2. The first-order valence-electron chi connectivity index (χ1n) is 12.9. The molecule has 3 aromatic heterocycles. The molecule has 1 aliphatic heterocycles. The molecule has 2 amide bonds. The molecule has 2 N–H and O–H groups in total. The Morgan fingerprint density at radius 1 is 1.10 bits per heavy atom. The normalized spacial score (nSPS) is 15.4. The standard InChI is InChI=1S/C29H28FN7OS/c1-19-17-37-26(25(35-29(37)39-19)21-9-11-22(30)12-10-21)24-13-14-31-27(34-24)33-23-8-5-15-36(18-23)28(38)32-16-20-6-3-2-4-7-20/h2-4,6-7,9-14,17,23H,5,8,15-16,18H2,1H3,(H,32,38)(H,31,33,34)/t23-/m1/s1. The second-order valence-corrected chi connectivity index (χ2v) is 10.9. The number of piperidine rings is 1. The molecule has 0 radical (unpaired) electrons. The third kappa shape index (κ3) is 5.46. The maximum absolute atomic E-state index is 13.6. The van der Waals surface area contributed by atoms with E-state index in [2.05, 4.69) is 15.6 Å². The number of carbonyl (C=O) groups is 1. The van der Waals surface area contributed by atoms with Gasteiger partial charge in [-0.1, -0.05) is 30.3 Å². The molecule has 39 heavy (non-hydrogen) atoms. The molecule has 0 unspecified atom stereocenters. The molecular formula is C29H28FN7OS. The summed E-state index contributed by atoms with van der Waals surface area (Å²) in [7, 11) is 0. The van der Waals surface area contributed by atoms with Crippen molar-refractivity contribution in [3.8, 4) is 22.6 Å². The van der Waals surface area contributed by atoms with Crippen molar-refractivity contribution in [1.82, 2.24) is 29.6 Å². The van der Waals surface area contributed by atoms with Gasteiger partial charge in [-0.2, -0.15) is 0 Å². The third-order valence-corrected chi connectivity index (χ3v) is 7.68. The fourth-order valence-corrected chi connectivity index (χ4v) is 5.74. The van der Waals surface area contributed by atoms with Crippen LogP contribution >= 0.6 is 11.3 Å². The van der Waals surface area contributed by atoms with E-state index in [0.29, 0.717) is 31.3 Å². The Bertz CT molecular complexity index is 1600. The highest BCUT2D eigenvalue weighted by molar-refractivity contribution is 7.17. The van der Waals surface area contributed by atoms with Gasteiger partial charge in [-0.25, -0.2) is 24.1 Å². The van der Waals surface area contributed by atoms with E-state index < -0.39 is 0 Å². The fourth-order valence-electron chi connectivity index (χ4n) is 4.92. The molecule has 1 saturated heterocycles. The van der Waals surface area contributed by atoms with Gasteiger partial charge in [-0.3, -0.25) is 4.40 Å². The Kier molecular flexibility index (Phi) is 6.93. The van der Waals surface area contributed by atoms with E-state index >= 15 is 0 Å². The lowest BCUT2D eigenvalue weighted by atomic mass is 10.1. The summed E-state index contributed by atoms with van der Waals surface area (Å²) in [6, 6.07) is 18.1. The van der Waals surface area contributed by atoms with Gasteiger partial charge in [0.15, 0.2) is 4.96 Å². The first kappa shape index (κ1) is 25.0. The molecule has 0 saturated carbocycles.